The third-order valence-electron chi connectivity index (χ3n) is 15.1. The molecule has 0 aromatic heterocycles. The van der Waals surface area contributed by atoms with Gasteiger partial charge in [-0.3, -0.25) is 9.59 Å². The molecule has 2 bridgehead atoms. The van der Waals surface area contributed by atoms with Gasteiger partial charge in [0.15, 0.2) is 0 Å². The van der Waals surface area contributed by atoms with E-state index in [0.29, 0.717) is 44.0 Å². The first-order chi connectivity index (χ1) is 21.5. The predicted octanol–water partition coefficient (Wildman–Crippen LogP) is 7.80. The van der Waals surface area contributed by atoms with Crippen LogP contribution in [0.1, 0.15) is 127 Å². The van der Waals surface area contributed by atoms with Gasteiger partial charge < -0.3 is 25.1 Å². The van der Waals surface area contributed by atoms with Crippen molar-refractivity contribution in [2.24, 2.45) is 62.4 Å². The van der Waals surface area contributed by atoms with Gasteiger partial charge in [0.25, 0.3) is 0 Å². The number of allylic oxidation sites excluding steroid dienone is 1. The number of nitrogens with two attached hydrogens (primary N) is 1. The number of unbranched alkanes of at least 4 members (excludes halogenated alkanes) is 2. The first-order valence-electron chi connectivity index (χ1n) is 18.6. The molecule has 0 aromatic rings. The largest absolute Gasteiger partial charge is 0.481 e. The average molecular weight is 644 g/mol. The molecule has 1 unspecified atom stereocenters. The first kappa shape index (κ1) is 35.9. The number of carbonyl (C=O) groups is 2. The molecule has 7 nitrogen and oxygen atoms in total. The summed E-state index contributed by atoms with van der Waals surface area (Å²) < 4.78 is 19.5. The van der Waals surface area contributed by atoms with Gasteiger partial charge in [-0.1, -0.05) is 86.3 Å². The van der Waals surface area contributed by atoms with E-state index in [0.717, 1.165) is 51.4 Å². The zero-order valence-corrected chi connectivity index (χ0v) is 30.5. The fraction of sp³-hybridized carbons (Fsp3) is 0.897. The van der Waals surface area contributed by atoms with Crippen molar-refractivity contribution in [3.63, 3.8) is 0 Å². The van der Waals surface area contributed by atoms with Crippen LogP contribution in [0.5, 0.6) is 0 Å². The van der Waals surface area contributed by atoms with Crippen LogP contribution in [-0.4, -0.2) is 55.1 Å². The van der Waals surface area contributed by atoms with Gasteiger partial charge in [-0.2, -0.15) is 0 Å². The van der Waals surface area contributed by atoms with E-state index in [9.17, 15) is 14.7 Å². The number of esters is 1. The second-order valence-corrected chi connectivity index (χ2v) is 17.7. The maximum absolute atomic E-state index is 13.4. The SMILES string of the molecule is CCCCCC(N)CO[C@H]1[C@H](OC(C)=O)C[C@@]23COC[C@@]1(C)[C@@H]2CC[C@H]1C3=CC[C@@]2(C)[C@H](C(=O)O)[C@@](C)([C@H](C)C(C)C)CC[C@]12C. The van der Waals surface area contributed by atoms with Gasteiger partial charge in [-0.25, -0.2) is 0 Å². The number of aliphatic carboxylic acids is 1. The molecule has 0 amide bonds. The highest BCUT2D eigenvalue weighted by molar-refractivity contribution is 5.73. The topological polar surface area (TPSA) is 108 Å². The van der Waals surface area contributed by atoms with Crippen LogP contribution in [0.25, 0.3) is 0 Å². The van der Waals surface area contributed by atoms with Crippen LogP contribution < -0.4 is 5.73 Å². The Balaban J connectivity index is 1.52. The minimum atomic E-state index is -0.638. The molecule has 5 rings (SSSR count). The lowest BCUT2D eigenvalue weighted by Gasteiger charge is -2.71. The molecule has 3 saturated carbocycles. The van der Waals surface area contributed by atoms with Crippen LogP contribution in [0.4, 0.5) is 0 Å². The van der Waals surface area contributed by atoms with Crippen molar-refractivity contribution in [1.29, 1.82) is 0 Å². The first-order valence-corrected chi connectivity index (χ1v) is 18.6. The molecule has 4 aliphatic carbocycles. The number of carbonyl (C=O) groups excluding carboxylic acids is 1. The van der Waals surface area contributed by atoms with E-state index in [1.54, 1.807) is 0 Å². The van der Waals surface area contributed by atoms with Crippen LogP contribution in [-0.2, 0) is 23.8 Å². The van der Waals surface area contributed by atoms with Gasteiger partial charge >= 0.3 is 11.9 Å². The summed E-state index contributed by atoms with van der Waals surface area (Å²) in [7, 11) is 0. The molecule has 1 aliphatic heterocycles. The number of hydrogen-bond donors (Lipinski definition) is 2. The standard InChI is InChI=1S/C39H65NO6/c1-10-11-12-13-27(40)21-45-33-30(46-26(5)41)20-39-23-44-22-36(33,7)31(39)15-14-28-29(39)16-17-38(9)32(34(42)43)35(6,25(4)24(2)3)18-19-37(28,38)8/h16,24-25,27-28,30-33H,10-15,17-23,40H2,1-9H3,(H,42,43)/t25-,27?,28+,30-,31+,32-,33+,35-,36+,37-,38+,39+/m1/s1. The molecule has 3 N–H and O–H groups in total. The highest BCUT2D eigenvalue weighted by atomic mass is 16.6. The summed E-state index contributed by atoms with van der Waals surface area (Å²) in [4.78, 5) is 25.9. The zero-order chi connectivity index (χ0) is 33.9. The predicted molar refractivity (Wildman–Crippen MR) is 181 cm³/mol. The number of ether oxygens (including phenoxy) is 3. The minimum Gasteiger partial charge on any atom is -0.481 e. The quantitative estimate of drug-likeness (QED) is 0.134. The Labute approximate surface area is 279 Å². The summed E-state index contributed by atoms with van der Waals surface area (Å²) in [6.45, 7) is 21.4. The zero-order valence-electron chi connectivity index (χ0n) is 30.5. The molecule has 0 aromatic carbocycles. The van der Waals surface area contributed by atoms with Crippen LogP contribution in [0, 0.1) is 56.7 Å². The highest BCUT2D eigenvalue weighted by Gasteiger charge is 2.72. The summed E-state index contributed by atoms with van der Waals surface area (Å²) in [6.07, 6.45) is 11.6. The Hall–Kier alpha value is -1.44. The Morgan fingerprint density at radius 1 is 1.07 bits per heavy atom. The van der Waals surface area contributed by atoms with Crippen molar-refractivity contribution >= 4 is 11.9 Å². The molecule has 262 valence electrons. The van der Waals surface area contributed by atoms with Gasteiger partial charge in [-0.15, -0.1) is 0 Å². The van der Waals surface area contributed by atoms with Crippen LogP contribution in [0.3, 0.4) is 0 Å². The summed E-state index contributed by atoms with van der Waals surface area (Å²) in [5.41, 5.74) is 6.61. The fourth-order valence-electron chi connectivity index (χ4n) is 12.2. The van der Waals surface area contributed by atoms with Gasteiger partial charge in [-0.05, 0) is 84.9 Å². The number of fused-ring (bicyclic) bond motifs is 3. The lowest BCUT2D eigenvalue weighted by Crippen LogP contribution is -2.70. The second-order valence-electron chi connectivity index (χ2n) is 17.7. The molecule has 12 atom stereocenters. The Morgan fingerprint density at radius 2 is 1.78 bits per heavy atom. The lowest BCUT2D eigenvalue weighted by molar-refractivity contribution is -0.267. The molecule has 1 heterocycles. The fourth-order valence-corrected chi connectivity index (χ4v) is 12.2. The van der Waals surface area contributed by atoms with E-state index in [-0.39, 0.29) is 57.2 Å². The van der Waals surface area contributed by atoms with Crippen LogP contribution in [0.15, 0.2) is 11.6 Å². The Morgan fingerprint density at radius 3 is 2.41 bits per heavy atom. The summed E-state index contributed by atoms with van der Waals surface area (Å²) in [6, 6.07) is -0.0451. The third kappa shape index (κ3) is 5.41. The van der Waals surface area contributed by atoms with Crippen molar-refractivity contribution in [1.82, 2.24) is 0 Å². The smallest absolute Gasteiger partial charge is 0.307 e. The van der Waals surface area contributed by atoms with Crippen LogP contribution >= 0.6 is 0 Å². The van der Waals surface area contributed by atoms with Crippen molar-refractivity contribution in [3.05, 3.63) is 11.6 Å². The molecule has 46 heavy (non-hydrogen) atoms. The third-order valence-corrected chi connectivity index (χ3v) is 15.1. The maximum atomic E-state index is 13.4. The summed E-state index contributed by atoms with van der Waals surface area (Å²) in [5, 5.41) is 11.0. The van der Waals surface area contributed by atoms with E-state index in [1.165, 1.54) is 18.9 Å². The van der Waals surface area contributed by atoms with Crippen molar-refractivity contribution in [2.45, 2.75) is 145 Å². The van der Waals surface area contributed by atoms with E-state index in [4.69, 9.17) is 19.9 Å². The molecule has 1 saturated heterocycles. The van der Waals surface area contributed by atoms with Gasteiger partial charge in [0.2, 0.25) is 0 Å². The Kier molecular flexibility index (Phi) is 9.97. The summed E-state index contributed by atoms with van der Waals surface area (Å²) >= 11 is 0. The second kappa shape index (κ2) is 12.8. The number of carboxylic acid groups (broad SMARTS) is 1. The average Bonchev–Trinajstić information content (AvgIpc) is 2.96. The van der Waals surface area contributed by atoms with Gasteiger partial charge in [0, 0.05) is 23.8 Å². The van der Waals surface area contributed by atoms with Crippen molar-refractivity contribution in [3.8, 4) is 0 Å². The Bertz CT molecular complexity index is 1180. The van der Waals surface area contributed by atoms with Crippen LogP contribution in [0.2, 0.25) is 0 Å². The number of carboxylic acids is 1. The van der Waals surface area contributed by atoms with Crippen molar-refractivity contribution < 1.29 is 28.9 Å². The number of hydrogen-bond acceptors (Lipinski definition) is 6. The lowest BCUT2D eigenvalue weighted by atomic mass is 9.34. The molecular formula is C39H65NO6. The van der Waals surface area contributed by atoms with E-state index >= 15 is 0 Å². The monoisotopic (exact) mass is 643 g/mol. The van der Waals surface area contributed by atoms with E-state index < -0.39 is 11.9 Å². The molecule has 4 fully saturated rings. The molecular weight excluding hydrogens is 578 g/mol. The molecule has 0 spiro atoms. The molecule has 7 heteroatoms. The van der Waals surface area contributed by atoms with E-state index in [1.807, 2.05) is 0 Å². The normalized spacial score (nSPS) is 44.7. The minimum absolute atomic E-state index is 0.0451. The maximum Gasteiger partial charge on any atom is 0.307 e. The summed E-state index contributed by atoms with van der Waals surface area (Å²) in [5.74, 6) is 0.00348. The van der Waals surface area contributed by atoms with Gasteiger partial charge in [0.05, 0.1) is 25.7 Å². The molecule has 5 aliphatic rings. The van der Waals surface area contributed by atoms with E-state index in [2.05, 4.69) is 61.5 Å². The molecule has 0 radical (unpaired) electrons. The number of rotatable bonds is 11. The van der Waals surface area contributed by atoms with Gasteiger partial charge in [0.1, 0.15) is 12.2 Å². The highest BCUT2D eigenvalue weighted by Crippen LogP contribution is 2.75. The van der Waals surface area contributed by atoms with Crippen molar-refractivity contribution in [2.75, 3.05) is 19.8 Å².